The number of hydrogen-bond donors (Lipinski definition) is 3. The van der Waals surface area contributed by atoms with Crippen LogP contribution in [0, 0.1) is 0 Å². The molecule has 0 radical (unpaired) electrons. The molecule has 0 aliphatic heterocycles. The average molecular weight is 180 g/mol. The van der Waals surface area contributed by atoms with E-state index < -0.39 is 0 Å². The standard InChI is InChI=1S/C6H14O2.C2H6O2/c1-3-6(5-7)8-4-2;3-1-2-4/h6-7H,3-5H2,1-2H3;3-4H,1-2H2. The Bertz CT molecular complexity index is 62.1. The lowest BCUT2D eigenvalue weighted by Crippen LogP contribution is -2.15. The van der Waals surface area contributed by atoms with Gasteiger partial charge in [-0.3, -0.25) is 0 Å². The second-order valence-electron chi connectivity index (χ2n) is 2.12. The number of hydrogen-bond acceptors (Lipinski definition) is 4. The monoisotopic (exact) mass is 180 g/mol. The summed E-state index contributed by atoms with van der Waals surface area (Å²) < 4.78 is 5.09. The molecule has 0 fully saturated rings. The summed E-state index contributed by atoms with van der Waals surface area (Å²) in [4.78, 5) is 0. The molecule has 0 aliphatic rings. The molecular formula is C8H20O4. The van der Waals surface area contributed by atoms with Crippen LogP contribution in [-0.2, 0) is 4.74 Å². The van der Waals surface area contributed by atoms with Crippen LogP contribution in [-0.4, -0.2) is 47.9 Å². The van der Waals surface area contributed by atoms with Crippen molar-refractivity contribution in [2.45, 2.75) is 26.4 Å². The quantitative estimate of drug-likeness (QED) is 0.546. The molecule has 0 bridgehead atoms. The van der Waals surface area contributed by atoms with E-state index in [4.69, 9.17) is 20.1 Å². The van der Waals surface area contributed by atoms with E-state index in [2.05, 4.69) is 0 Å². The third-order valence-electron chi connectivity index (χ3n) is 1.16. The second-order valence-corrected chi connectivity index (χ2v) is 2.12. The van der Waals surface area contributed by atoms with Gasteiger partial charge in [0.1, 0.15) is 0 Å². The molecule has 0 saturated heterocycles. The van der Waals surface area contributed by atoms with Crippen LogP contribution in [0.2, 0.25) is 0 Å². The summed E-state index contributed by atoms with van der Waals surface area (Å²) in [6.07, 6.45) is 0.949. The summed E-state index contributed by atoms with van der Waals surface area (Å²) in [6.45, 7) is 4.51. The molecule has 4 heteroatoms. The van der Waals surface area contributed by atoms with Gasteiger partial charge in [0.15, 0.2) is 0 Å². The van der Waals surface area contributed by atoms with Crippen molar-refractivity contribution >= 4 is 0 Å². The Morgan fingerprint density at radius 3 is 1.67 bits per heavy atom. The zero-order valence-electron chi connectivity index (χ0n) is 7.86. The minimum absolute atomic E-state index is 0.0556. The highest BCUT2D eigenvalue weighted by molar-refractivity contribution is 4.49. The lowest BCUT2D eigenvalue weighted by Gasteiger charge is -2.09. The SMILES string of the molecule is CCOC(CC)CO.OCCO. The molecule has 0 amide bonds. The van der Waals surface area contributed by atoms with Gasteiger partial charge in [0.05, 0.1) is 25.9 Å². The molecule has 0 heterocycles. The molecule has 0 aromatic rings. The molecule has 0 aliphatic carbocycles. The molecule has 0 aromatic heterocycles. The van der Waals surface area contributed by atoms with E-state index in [9.17, 15) is 0 Å². The van der Waals surface area contributed by atoms with Crippen LogP contribution in [0.3, 0.4) is 0 Å². The van der Waals surface area contributed by atoms with Gasteiger partial charge < -0.3 is 20.1 Å². The predicted molar refractivity (Wildman–Crippen MR) is 47.0 cm³/mol. The van der Waals surface area contributed by atoms with E-state index in [1.165, 1.54) is 0 Å². The minimum atomic E-state index is -0.125. The number of aliphatic hydroxyl groups is 3. The van der Waals surface area contributed by atoms with Gasteiger partial charge >= 0.3 is 0 Å². The molecule has 1 unspecified atom stereocenters. The van der Waals surface area contributed by atoms with E-state index in [0.717, 1.165) is 6.42 Å². The highest BCUT2D eigenvalue weighted by Gasteiger charge is 2.00. The van der Waals surface area contributed by atoms with Crippen LogP contribution in [0.5, 0.6) is 0 Å². The Balaban J connectivity index is 0. The van der Waals surface area contributed by atoms with Crippen molar-refractivity contribution in [2.24, 2.45) is 0 Å². The molecule has 0 rings (SSSR count). The maximum Gasteiger partial charge on any atom is 0.0803 e. The summed E-state index contributed by atoms with van der Waals surface area (Å²) in [7, 11) is 0. The van der Waals surface area contributed by atoms with Crippen molar-refractivity contribution in [1.29, 1.82) is 0 Å². The van der Waals surface area contributed by atoms with E-state index in [-0.39, 0.29) is 25.9 Å². The van der Waals surface area contributed by atoms with Crippen LogP contribution >= 0.6 is 0 Å². The fraction of sp³-hybridized carbons (Fsp3) is 1.00. The molecule has 12 heavy (non-hydrogen) atoms. The highest BCUT2D eigenvalue weighted by atomic mass is 16.5. The van der Waals surface area contributed by atoms with E-state index in [0.29, 0.717) is 6.61 Å². The summed E-state index contributed by atoms with van der Waals surface area (Å²) in [5.74, 6) is 0. The third-order valence-corrected chi connectivity index (χ3v) is 1.16. The first-order valence-corrected chi connectivity index (χ1v) is 4.20. The Morgan fingerprint density at radius 2 is 1.58 bits per heavy atom. The minimum Gasteiger partial charge on any atom is -0.394 e. The van der Waals surface area contributed by atoms with Gasteiger partial charge in [-0.25, -0.2) is 0 Å². The summed E-state index contributed by atoms with van der Waals surface area (Å²) in [5, 5.41) is 23.8. The maximum atomic E-state index is 8.53. The Morgan fingerprint density at radius 1 is 1.08 bits per heavy atom. The molecule has 4 nitrogen and oxygen atoms in total. The maximum absolute atomic E-state index is 8.53. The second kappa shape index (κ2) is 13.4. The number of aliphatic hydroxyl groups excluding tert-OH is 3. The predicted octanol–water partition coefficient (Wildman–Crippen LogP) is -0.235. The van der Waals surface area contributed by atoms with Crippen LogP contribution in [0.4, 0.5) is 0 Å². The van der Waals surface area contributed by atoms with Crippen LogP contribution in [0.15, 0.2) is 0 Å². The largest absolute Gasteiger partial charge is 0.394 e. The zero-order chi connectivity index (χ0) is 9.82. The normalized spacial score (nSPS) is 11.8. The van der Waals surface area contributed by atoms with Gasteiger partial charge in [-0.1, -0.05) is 6.92 Å². The molecule has 76 valence electrons. The first-order valence-electron chi connectivity index (χ1n) is 4.20. The Hall–Kier alpha value is -0.160. The third kappa shape index (κ3) is 12.5. The van der Waals surface area contributed by atoms with Crippen LogP contribution in [0.1, 0.15) is 20.3 Å². The van der Waals surface area contributed by atoms with Gasteiger partial charge in [0.25, 0.3) is 0 Å². The average Bonchev–Trinajstić information content (AvgIpc) is 2.14. The van der Waals surface area contributed by atoms with Crippen molar-refractivity contribution < 1.29 is 20.1 Å². The van der Waals surface area contributed by atoms with E-state index in [1.807, 2.05) is 13.8 Å². The molecule has 1 atom stereocenters. The van der Waals surface area contributed by atoms with Crippen molar-refractivity contribution in [3.8, 4) is 0 Å². The number of ether oxygens (including phenoxy) is 1. The Kier molecular flexibility index (Phi) is 16.1. The molecule has 0 aromatic carbocycles. The molecule has 0 saturated carbocycles. The Labute approximate surface area is 73.8 Å². The summed E-state index contributed by atoms with van der Waals surface area (Å²) in [5.41, 5.74) is 0. The number of rotatable bonds is 5. The summed E-state index contributed by atoms with van der Waals surface area (Å²) in [6, 6.07) is 0. The van der Waals surface area contributed by atoms with Crippen molar-refractivity contribution in [2.75, 3.05) is 26.4 Å². The lowest BCUT2D eigenvalue weighted by atomic mass is 10.3. The van der Waals surface area contributed by atoms with E-state index >= 15 is 0 Å². The van der Waals surface area contributed by atoms with Crippen LogP contribution < -0.4 is 0 Å². The van der Waals surface area contributed by atoms with E-state index in [1.54, 1.807) is 0 Å². The first-order chi connectivity index (χ1) is 5.76. The van der Waals surface area contributed by atoms with Gasteiger partial charge in [0.2, 0.25) is 0 Å². The first kappa shape index (κ1) is 14.4. The van der Waals surface area contributed by atoms with Gasteiger partial charge in [-0.2, -0.15) is 0 Å². The van der Waals surface area contributed by atoms with Gasteiger partial charge in [-0.15, -0.1) is 0 Å². The zero-order valence-corrected chi connectivity index (χ0v) is 7.86. The topological polar surface area (TPSA) is 69.9 Å². The highest BCUT2D eigenvalue weighted by Crippen LogP contribution is 1.94. The smallest absolute Gasteiger partial charge is 0.0803 e. The summed E-state index contributed by atoms with van der Waals surface area (Å²) >= 11 is 0. The molecule has 3 N–H and O–H groups in total. The molecule has 0 spiro atoms. The van der Waals surface area contributed by atoms with Gasteiger partial charge in [0, 0.05) is 6.61 Å². The lowest BCUT2D eigenvalue weighted by molar-refractivity contribution is 0.0181. The fourth-order valence-electron chi connectivity index (χ4n) is 0.535. The molecular weight excluding hydrogens is 160 g/mol. The van der Waals surface area contributed by atoms with Crippen molar-refractivity contribution in [3.63, 3.8) is 0 Å². The van der Waals surface area contributed by atoms with Crippen molar-refractivity contribution in [1.82, 2.24) is 0 Å². The van der Waals surface area contributed by atoms with Crippen LogP contribution in [0.25, 0.3) is 0 Å². The van der Waals surface area contributed by atoms with Crippen molar-refractivity contribution in [3.05, 3.63) is 0 Å². The fourth-order valence-corrected chi connectivity index (χ4v) is 0.535. The van der Waals surface area contributed by atoms with Gasteiger partial charge in [-0.05, 0) is 13.3 Å².